The van der Waals surface area contributed by atoms with Gasteiger partial charge < -0.3 is 14.4 Å². The minimum atomic E-state index is -3.72. The fourth-order valence-corrected chi connectivity index (χ4v) is 2.77. The van der Waals surface area contributed by atoms with E-state index in [9.17, 15) is 13.2 Å². The standard InChI is InChI=1S/C13H22N2O5S/c1-4-15-8-11(7-12(15)13(16)17)21(18,19)14-5-6-20-9-10(2)3/h7-8,10,14H,4-6,9H2,1-3H3,(H,16,17). The van der Waals surface area contributed by atoms with Crippen LogP contribution in [0.5, 0.6) is 0 Å². The number of aryl methyl sites for hydroxylation is 1. The van der Waals surface area contributed by atoms with Gasteiger partial charge in [-0.05, 0) is 18.9 Å². The number of aromatic nitrogens is 1. The number of ether oxygens (including phenoxy) is 1. The van der Waals surface area contributed by atoms with Crippen molar-refractivity contribution in [2.45, 2.75) is 32.2 Å². The summed E-state index contributed by atoms with van der Waals surface area (Å²) in [6.45, 7) is 7.13. The van der Waals surface area contributed by atoms with Crippen LogP contribution < -0.4 is 4.72 Å². The zero-order chi connectivity index (χ0) is 16.0. The van der Waals surface area contributed by atoms with Crippen LogP contribution in [-0.4, -0.2) is 43.8 Å². The molecule has 0 aliphatic heterocycles. The predicted octanol–water partition coefficient (Wildman–Crippen LogP) is 1.16. The Morgan fingerprint density at radius 2 is 2.14 bits per heavy atom. The van der Waals surface area contributed by atoms with Gasteiger partial charge in [0.05, 0.1) is 6.61 Å². The van der Waals surface area contributed by atoms with Gasteiger partial charge in [0.25, 0.3) is 0 Å². The average molecular weight is 318 g/mol. The number of aromatic carboxylic acids is 1. The van der Waals surface area contributed by atoms with E-state index >= 15 is 0 Å². The lowest BCUT2D eigenvalue weighted by Gasteiger charge is -2.07. The third-order valence-corrected chi connectivity index (χ3v) is 4.16. The molecule has 0 saturated heterocycles. The maximum Gasteiger partial charge on any atom is 0.352 e. The monoisotopic (exact) mass is 318 g/mol. The predicted molar refractivity (Wildman–Crippen MR) is 77.9 cm³/mol. The summed E-state index contributed by atoms with van der Waals surface area (Å²) in [7, 11) is -3.72. The largest absolute Gasteiger partial charge is 0.477 e. The molecule has 0 atom stereocenters. The molecule has 0 aliphatic carbocycles. The van der Waals surface area contributed by atoms with Gasteiger partial charge in [0.1, 0.15) is 10.6 Å². The normalized spacial score (nSPS) is 12.0. The van der Waals surface area contributed by atoms with E-state index in [0.717, 1.165) is 6.07 Å². The van der Waals surface area contributed by atoms with Crippen molar-refractivity contribution in [2.24, 2.45) is 5.92 Å². The van der Waals surface area contributed by atoms with Crippen molar-refractivity contribution in [1.29, 1.82) is 0 Å². The number of carboxylic acids is 1. The number of sulfonamides is 1. The fraction of sp³-hybridized carbons (Fsp3) is 0.615. The Labute approximate surface area is 125 Å². The minimum absolute atomic E-state index is 0.0473. The Balaban J connectivity index is 2.68. The highest BCUT2D eigenvalue weighted by atomic mass is 32.2. The summed E-state index contributed by atoms with van der Waals surface area (Å²) in [5.41, 5.74) is -0.0473. The molecule has 1 aromatic rings. The van der Waals surface area contributed by atoms with Gasteiger partial charge in [-0.25, -0.2) is 17.9 Å². The van der Waals surface area contributed by atoms with Crippen LogP contribution in [0.15, 0.2) is 17.2 Å². The molecular formula is C13H22N2O5S. The van der Waals surface area contributed by atoms with Crippen LogP contribution in [0.25, 0.3) is 0 Å². The summed E-state index contributed by atoms with van der Waals surface area (Å²) in [5, 5.41) is 9.02. The van der Waals surface area contributed by atoms with Crippen molar-refractivity contribution in [1.82, 2.24) is 9.29 Å². The Morgan fingerprint density at radius 3 is 2.62 bits per heavy atom. The summed E-state index contributed by atoms with van der Waals surface area (Å²) in [6, 6.07) is 1.16. The Kier molecular flexibility index (Phi) is 6.38. The Bertz CT molecular complexity index is 577. The first kappa shape index (κ1) is 17.7. The highest BCUT2D eigenvalue weighted by Crippen LogP contribution is 2.14. The molecule has 1 aromatic heterocycles. The fourth-order valence-electron chi connectivity index (χ4n) is 1.72. The van der Waals surface area contributed by atoms with E-state index in [1.54, 1.807) is 6.92 Å². The highest BCUT2D eigenvalue weighted by Gasteiger charge is 2.20. The zero-order valence-corrected chi connectivity index (χ0v) is 13.3. The number of hydrogen-bond acceptors (Lipinski definition) is 4. The molecule has 0 unspecified atom stereocenters. The second-order valence-electron chi connectivity index (χ2n) is 5.02. The smallest absolute Gasteiger partial charge is 0.352 e. The van der Waals surface area contributed by atoms with Crippen LogP contribution in [-0.2, 0) is 21.3 Å². The molecular weight excluding hydrogens is 296 g/mol. The molecule has 7 nitrogen and oxygen atoms in total. The topological polar surface area (TPSA) is 97.6 Å². The van der Waals surface area contributed by atoms with Crippen LogP contribution >= 0.6 is 0 Å². The van der Waals surface area contributed by atoms with Crippen molar-refractivity contribution >= 4 is 16.0 Å². The van der Waals surface area contributed by atoms with E-state index in [2.05, 4.69) is 4.72 Å². The van der Waals surface area contributed by atoms with Gasteiger partial charge in [-0.3, -0.25) is 0 Å². The second kappa shape index (κ2) is 7.58. The van der Waals surface area contributed by atoms with Crippen molar-refractivity contribution in [3.8, 4) is 0 Å². The maximum atomic E-state index is 12.1. The number of nitrogens with one attached hydrogen (secondary N) is 1. The quantitative estimate of drug-likeness (QED) is 0.666. The van der Waals surface area contributed by atoms with Crippen molar-refractivity contribution in [3.05, 3.63) is 18.0 Å². The lowest BCUT2D eigenvalue weighted by atomic mass is 10.2. The zero-order valence-electron chi connectivity index (χ0n) is 12.5. The third kappa shape index (κ3) is 5.14. The number of rotatable bonds is 9. The van der Waals surface area contributed by atoms with Gasteiger partial charge >= 0.3 is 5.97 Å². The van der Waals surface area contributed by atoms with E-state index < -0.39 is 16.0 Å². The van der Waals surface area contributed by atoms with Gasteiger partial charge in [0.2, 0.25) is 10.0 Å². The van der Waals surface area contributed by atoms with E-state index in [0.29, 0.717) is 19.1 Å². The summed E-state index contributed by atoms with van der Waals surface area (Å²) in [6.07, 6.45) is 1.32. The molecule has 0 fully saturated rings. The van der Waals surface area contributed by atoms with Crippen molar-refractivity contribution in [3.63, 3.8) is 0 Å². The van der Waals surface area contributed by atoms with Crippen LogP contribution in [0.1, 0.15) is 31.3 Å². The molecule has 2 N–H and O–H groups in total. The summed E-state index contributed by atoms with van der Waals surface area (Å²) < 4.78 is 33.2. The molecule has 8 heteroatoms. The van der Waals surface area contributed by atoms with Crippen molar-refractivity contribution < 1.29 is 23.1 Å². The van der Waals surface area contributed by atoms with Gasteiger partial charge in [-0.1, -0.05) is 13.8 Å². The summed E-state index contributed by atoms with van der Waals surface area (Å²) in [5.74, 6) is -0.767. The molecule has 1 rings (SSSR count). The van der Waals surface area contributed by atoms with Gasteiger partial charge in [-0.2, -0.15) is 0 Å². The maximum absolute atomic E-state index is 12.1. The molecule has 21 heavy (non-hydrogen) atoms. The molecule has 0 aliphatic rings. The van der Waals surface area contributed by atoms with Crippen LogP contribution in [0, 0.1) is 5.92 Å². The Morgan fingerprint density at radius 1 is 1.48 bits per heavy atom. The van der Waals surface area contributed by atoms with E-state index in [-0.39, 0.29) is 23.7 Å². The molecule has 0 amide bonds. The second-order valence-corrected chi connectivity index (χ2v) is 6.79. The summed E-state index contributed by atoms with van der Waals surface area (Å²) in [4.78, 5) is 11.0. The van der Waals surface area contributed by atoms with Crippen LogP contribution in [0.2, 0.25) is 0 Å². The average Bonchev–Trinajstić information content (AvgIpc) is 2.82. The molecule has 1 heterocycles. The van der Waals surface area contributed by atoms with E-state index in [1.165, 1.54) is 10.8 Å². The molecule has 0 radical (unpaired) electrons. The van der Waals surface area contributed by atoms with E-state index in [4.69, 9.17) is 9.84 Å². The first-order chi connectivity index (χ1) is 9.77. The van der Waals surface area contributed by atoms with Crippen molar-refractivity contribution in [2.75, 3.05) is 19.8 Å². The van der Waals surface area contributed by atoms with Crippen LogP contribution in [0.3, 0.4) is 0 Å². The first-order valence-electron chi connectivity index (χ1n) is 6.78. The molecule has 120 valence electrons. The minimum Gasteiger partial charge on any atom is -0.477 e. The van der Waals surface area contributed by atoms with Gasteiger partial charge in [0.15, 0.2) is 0 Å². The third-order valence-electron chi connectivity index (χ3n) is 2.73. The first-order valence-corrected chi connectivity index (χ1v) is 8.27. The van der Waals surface area contributed by atoms with Gasteiger partial charge in [0, 0.05) is 25.9 Å². The van der Waals surface area contributed by atoms with Crippen LogP contribution in [0.4, 0.5) is 0 Å². The lowest BCUT2D eigenvalue weighted by molar-refractivity contribution is 0.0685. The summed E-state index contributed by atoms with van der Waals surface area (Å²) >= 11 is 0. The number of carbonyl (C=O) groups is 1. The molecule has 0 spiro atoms. The number of nitrogens with zero attached hydrogens (tertiary/aromatic N) is 1. The molecule has 0 aromatic carbocycles. The molecule has 0 bridgehead atoms. The SMILES string of the molecule is CCn1cc(S(=O)(=O)NCCOCC(C)C)cc1C(=O)O. The molecule has 0 saturated carbocycles. The lowest BCUT2D eigenvalue weighted by Crippen LogP contribution is -2.27. The highest BCUT2D eigenvalue weighted by molar-refractivity contribution is 7.89. The Hall–Kier alpha value is -1.38. The number of hydrogen-bond donors (Lipinski definition) is 2. The van der Waals surface area contributed by atoms with Gasteiger partial charge in [-0.15, -0.1) is 0 Å². The van der Waals surface area contributed by atoms with E-state index in [1.807, 2.05) is 13.8 Å². The number of carboxylic acid groups (broad SMARTS) is 1.